The van der Waals surface area contributed by atoms with E-state index in [0.29, 0.717) is 0 Å². The van der Waals surface area contributed by atoms with Gasteiger partial charge in [0.1, 0.15) is 0 Å². The molecule has 0 N–H and O–H groups in total. The predicted octanol–water partition coefficient (Wildman–Crippen LogP) is 0.694. The van der Waals surface area contributed by atoms with E-state index in [4.69, 9.17) is 0 Å². The van der Waals surface area contributed by atoms with Crippen LogP contribution in [0.3, 0.4) is 0 Å². The number of halogens is 1. The molecule has 44 valence electrons. The van der Waals surface area contributed by atoms with E-state index < -0.39 is 15.5 Å². The third-order valence-electron chi connectivity index (χ3n) is 0.563. The molecule has 2 nitrogen and oxygen atoms in total. The summed E-state index contributed by atoms with van der Waals surface area (Å²) in [6, 6.07) is 0. The Morgan fingerprint density at radius 1 is 1.43 bits per heavy atom. The SMILES string of the molecule is CC(C)S(=O)(=O)F. The second kappa shape index (κ2) is 1.78. The van der Waals surface area contributed by atoms with E-state index in [1.54, 1.807) is 0 Å². The molecule has 0 aromatic rings. The highest BCUT2D eigenvalue weighted by Gasteiger charge is 2.11. The molecule has 0 unspecified atom stereocenters. The van der Waals surface area contributed by atoms with Crippen LogP contribution in [0.15, 0.2) is 0 Å². The maximum atomic E-state index is 11.5. The van der Waals surface area contributed by atoms with Gasteiger partial charge in [-0.1, -0.05) is 0 Å². The Morgan fingerprint density at radius 2 is 1.57 bits per heavy atom. The van der Waals surface area contributed by atoms with E-state index in [1.165, 1.54) is 13.8 Å². The first-order chi connectivity index (χ1) is 2.94. The molecule has 0 aliphatic carbocycles. The molecule has 0 bridgehead atoms. The highest BCUT2D eigenvalue weighted by Crippen LogP contribution is 1.98. The van der Waals surface area contributed by atoms with Gasteiger partial charge in [-0.3, -0.25) is 0 Å². The van der Waals surface area contributed by atoms with E-state index in [0.717, 1.165) is 0 Å². The summed E-state index contributed by atoms with van der Waals surface area (Å²) in [6.07, 6.45) is 0. The van der Waals surface area contributed by atoms with Crippen LogP contribution in [0.5, 0.6) is 0 Å². The first-order valence-electron chi connectivity index (χ1n) is 1.88. The van der Waals surface area contributed by atoms with Crippen molar-refractivity contribution in [2.45, 2.75) is 19.1 Å². The van der Waals surface area contributed by atoms with Gasteiger partial charge >= 0.3 is 10.2 Å². The second-order valence-electron chi connectivity index (χ2n) is 1.52. The van der Waals surface area contributed by atoms with Gasteiger partial charge < -0.3 is 0 Å². The molecule has 0 atom stereocenters. The summed E-state index contributed by atoms with van der Waals surface area (Å²) >= 11 is 0. The van der Waals surface area contributed by atoms with Crippen LogP contribution < -0.4 is 0 Å². The summed E-state index contributed by atoms with van der Waals surface area (Å²) in [5.74, 6) is 0. The molecular formula is C3H7FO2S. The molecular weight excluding hydrogens is 119 g/mol. The quantitative estimate of drug-likeness (QED) is 0.484. The average Bonchev–Trinajstić information content (AvgIpc) is 1.31. The second-order valence-corrected chi connectivity index (χ2v) is 3.42. The van der Waals surface area contributed by atoms with Crippen LogP contribution in [0.2, 0.25) is 0 Å². The average molecular weight is 126 g/mol. The zero-order chi connectivity index (χ0) is 6.08. The van der Waals surface area contributed by atoms with Crippen molar-refractivity contribution in [2.75, 3.05) is 0 Å². The van der Waals surface area contributed by atoms with Gasteiger partial charge in [0.15, 0.2) is 0 Å². The fourth-order valence-corrected chi connectivity index (χ4v) is 0. The van der Waals surface area contributed by atoms with Gasteiger partial charge in [0.2, 0.25) is 0 Å². The van der Waals surface area contributed by atoms with Gasteiger partial charge in [-0.15, -0.1) is 3.89 Å². The van der Waals surface area contributed by atoms with E-state index in [9.17, 15) is 12.3 Å². The Labute approximate surface area is 42.6 Å². The lowest BCUT2D eigenvalue weighted by Gasteiger charge is -1.91. The molecule has 4 heteroatoms. The minimum absolute atomic E-state index is 0.896. The monoisotopic (exact) mass is 126 g/mol. The van der Waals surface area contributed by atoms with E-state index in [1.807, 2.05) is 0 Å². The Morgan fingerprint density at radius 3 is 1.57 bits per heavy atom. The fourth-order valence-electron chi connectivity index (χ4n) is 0. The highest BCUT2D eigenvalue weighted by molar-refractivity contribution is 7.86. The summed E-state index contributed by atoms with van der Waals surface area (Å²) in [6.45, 7) is 2.57. The van der Waals surface area contributed by atoms with Gasteiger partial charge in [0, 0.05) is 0 Å². The van der Waals surface area contributed by atoms with Crippen molar-refractivity contribution in [1.29, 1.82) is 0 Å². The van der Waals surface area contributed by atoms with Crippen molar-refractivity contribution >= 4 is 10.2 Å². The highest BCUT2D eigenvalue weighted by atomic mass is 32.3. The Balaban J connectivity index is 4.10. The van der Waals surface area contributed by atoms with Gasteiger partial charge in [0.05, 0.1) is 5.25 Å². The van der Waals surface area contributed by atoms with Gasteiger partial charge in [0.25, 0.3) is 0 Å². The van der Waals surface area contributed by atoms with Crippen molar-refractivity contribution in [1.82, 2.24) is 0 Å². The van der Waals surface area contributed by atoms with Crippen LogP contribution in [0, 0.1) is 0 Å². The van der Waals surface area contributed by atoms with Crippen molar-refractivity contribution in [2.24, 2.45) is 0 Å². The minimum Gasteiger partial charge on any atom is -0.195 e. The lowest BCUT2D eigenvalue weighted by atomic mass is 10.6. The van der Waals surface area contributed by atoms with Crippen LogP contribution in [0.1, 0.15) is 13.8 Å². The molecule has 0 fully saturated rings. The third-order valence-corrected chi connectivity index (χ3v) is 1.69. The summed E-state index contributed by atoms with van der Waals surface area (Å²) in [5.41, 5.74) is 0. The fraction of sp³-hybridized carbons (Fsp3) is 1.00. The Hall–Kier alpha value is -0.120. The van der Waals surface area contributed by atoms with Crippen LogP contribution in [0.4, 0.5) is 3.89 Å². The molecule has 0 aliphatic rings. The van der Waals surface area contributed by atoms with Gasteiger partial charge in [-0.05, 0) is 13.8 Å². The largest absolute Gasteiger partial charge is 0.304 e. The molecule has 0 saturated heterocycles. The maximum Gasteiger partial charge on any atom is 0.304 e. The standard InChI is InChI=1S/C3H7FO2S/c1-3(2)7(4,5)6/h3H,1-2H3. The van der Waals surface area contributed by atoms with Crippen molar-refractivity contribution in [3.05, 3.63) is 0 Å². The topological polar surface area (TPSA) is 34.1 Å². The Bertz CT molecular complexity index is 135. The normalized spacial score (nSPS) is 12.6. The smallest absolute Gasteiger partial charge is 0.195 e. The van der Waals surface area contributed by atoms with Gasteiger partial charge in [-0.2, -0.15) is 8.42 Å². The summed E-state index contributed by atoms with van der Waals surface area (Å²) in [4.78, 5) is 0. The van der Waals surface area contributed by atoms with E-state index in [2.05, 4.69) is 0 Å². The summed E-state index contributed by atoms with van der Waals surface area (Å²) in [7, 11) is -4.24. The molecule has 0 aromatic carbocycles. The van der Waals surface area contributed by atoms with E-state index in [-0.39, 0.29) is 0 Å². The van der Waals surface area contributed by atoms with Crippen LogP contribution in [0.25, 0.3) is 0 Å². The third kappa shape index (κ3) is 2.56. The molecule has 0 aromatic heterocycles. The van der Waals surface area contributed by atoms with Crippen LogP contribution >= 0.6 is 0 Å². The number of hydrogen-bond acceptors (Lipinski definition) is 2. The zero-order valence-corrected chi connectivity index (χ0v) is 5.00. The number of hydrogen-bond donors (Lipinski definition) is 0. The van der Waals surface area contributed by atoms with E-state index >= 15 is 0 Å². The van der Waals surface area contributed by atoms with Gasteiger partial charge in [-0.25, -0.2) is 0 Å². The Kier molecular flexibility index (Phi) is 1.75. The molecule has 0 amide bonds. The first kappa shape index (κ1) is 6.88. The predicted molar refractivity (Wildman–Crippen MR) is 25.2 cm³/mol. The lowest BCUT2D eigenvalue weighted by molar-refractivity contribution is 0.542. The summed E-state index contributed by atoms with van der Waals surface area (Å²) in [5, 5.41) is -0.896. The summed E-state index contributed by atoms with van der Waals surface area (Å²) < 4.78 is 30.8. The molecule has 0 radical (unpaired) electrons. The van der Waals surface area contributed by atoms with Crippen molar-refractivity contribution < 1.29 is 12.3 Å². The maximum absolute atomic E-state index is 11.5. The first-order valence-corrected chi connectivity index (χ1v) is 3.32. The molecule has 0 saturated carbocycles. The molecule has 0 rings (SSSR count). The number of rotatable bonds is 1. The molecule has 0 heterocycles. The molecule has 7 heavy (non-hydrogen) atoms. The molecule has 0 aliphatic heterocycles. The van der Waals surface area contributed by atoms with Crippen molar-refractivity contribution in [3.63, 3.8) is 0 Å². The van der Waals surface area contributed by atoms with Crippen molar-refractivity contribution in [3.8, 4) is 0 Å². The van der Waals surface area contributed by atoms with Crippen LogP contribution in [-0.2, 0) is 10.2 Å². The van der Waals surface area contributed by atoms with Crippen LogP contribution in [-0.4, -0.2) is 13.7 Å². The minimum atomic E-state index is -4.24. The lowest BCUT2D eigenvalue weighted by Crippen LogP contribution is -2.05. The molecule has 0 spiro atoms. The zero-order valence-electron chi connectivity index (χ0n) is 4.18.